The third-order valence-corrected chi connectivity index (χ3v) is 5.81. The van der Waals surface area contributed by atoms with E-state index in [1.807, 2.05) is 37.3 Å². The molecule has 2 heterocycles. The molecule has 0 saturated carbocycles. The van der Waals surface area contributed by atoms with Crippen LogP contribution in [0.5, 0.6) is 0 Å². The van der Waals surface area contributed by atoms with Gasteiger partial charge >= 0.3 is 0 Å². The van der Waals surface area contributed by atoms with E-state index < -0.39 is 6.10 Å². The van der Waals surface area contributed by atoms with E-state index in [4.69, 9.17) is 9.47 Å². The number of nitrogens with one attached hydrogen (secondary N) is 2. The van der Waals surface area contributed by atoms with Crippen molar-refractivity contribution in [3.05, 3.63) is 35.9 Å². The molecule has 0 aromatic heterocycles. The van der Waals surface area contributed by atoms with Gasteiger partial charge in [0.15, 0.2) is 0 Å². The molecule has 29 heavy (non-hydrogen) atoms. The monoisotopic (exact) mass is 404 g/mol. The summed E-state index contributed by atoms with van der Waals surface area (Å²) < 4.78 is 11.3. The summed E-state index contributed by atoms with van der Waals surface area (Å²) in [5, 5.41) is 15.8. The number of carbonyl (C=O) groups excluding carboxylic acids is 2. The van der Waals surface area contributed by atoms with Crippen molar-refractivity contribution in [2.24, 2.45) is 5.92 Å². The second-order valence-corrected chi connectivity index (χ2v) is 7.96. The predicted molar refractivity (Wildman–Crippen MR) is 108 cm³/mol. The van der Waals surface area contributed by atoms with Crippen molar-refractivity contribution in [2.75, 3.05) is 19.8 Å². The van der Waals surface area contributed by atoms with Crippen LogP contribution in [0.2, 0.25) is 0 Å². The molecule has 4 atom stereocenters. The molecule has 2 fully saturated rings. The lowest BCUT2D eigenvalue weighted by Crippen LogP contribution is -2.53. The number of hydrogen-bond acceptors (Lipinski definition) is 5. The fourth-order valence-electron chi connectivity index (χ4n) is 4.04. The predicted octanol–water partition coefficient (Wildman–Crippen LogP) is 1.71. The first-order valence-electron chi connectivity index (χ1n) is 10.6. The second-order valence-electron chi connectivity index (χ2n) is 7.96. The molecule has 0 bridgehead atoms. The van der Waals surface area contributed by atoms with Crippen molar-refractivity contribution in [1.29, 1.82) is 0 Å². The first-order valence-corrected chi connectivity index (χ1v) is 10.6. The van der Waals surface area contributed by atoms with Crippen molar-refractivity contribution in [1.82, 2.24) is 10.6 Å². The van der Waals surface area contributed by atoms with E-state index in [1.165, 1.54) is 0 Å². The van der Waals surface area contributed by atoms with Crippen molar-refractivity contribution >= 4 is 11.8 Å². The van der Waals surface area contributed by atoms with Crippen LogP contribution >= 0.6 is 0 Å². The van der Waals surface area contributed by atoms with Crippen LogP contribution in [-0.4, -0.2) is 55.0 Å². The number of aliphatic hydroxyl groups is 1. The standard InChI is InChI=1S/C22H32N2O5/c1-15(16-5-3-2-4-6-16)23-21(26)13-18-7-8-19(20(14-25)29-18)24-22(27)17-9-11-28-12-10-17/h2-6,15,17-20,25H,7-14H2,1H3,(H,23,26)(H,24,27)/t15-,18+,19-,20-/m1/s1. The summed E-state index contributed by atoms with van der Waals surface area (Å²) >= 11 is 0. The van der Waals surface area contributed by atoms with E-state index in [1.54, 1.807) is 0 Å². The molecule has 0 radical (unpaired) electrons. The molecular formula is C22H32N2O5. The fourth-order valence-corrected chi connectivity index (χ4v) is 4.04. The van der Waals surface area contributed by atoms with Crippen LogP contribution in [0, 0.1) is 5.92 Å². The van der Waals surface area contributed by atoms with E-state index in [2.05, 4.69) is 10.6 Å². The molecule has 0 unspecified atom stereocenters. The highest BCUT2D eigenvalue weighted by atomic mass is 16.5. The first-order chi connectivity index (χ1) is 14.1. The number of benzene rings is 1. The van der Waals surface area contributed by atoms with Crippen LogP contribution in [0.25, 0.3) is 0 Å². The van der Waals surface area contributed by atoms with E-state index >= 15 is 0 Å². The van der Waals surface area contributed by atoms with E-state index in [0.717, 1.165) is 18.4 Å². The van der Waals surface area contributed by atoms with Gasteiger partial charge in [0.05, 0.1) is 31.2 Å². The Labute approximate surface area is 172 Å². The van der Waals surface area contributed by atoms with E-state index in [0.29, 0.717) is 26.1 Å². The number of hydrogen-bond donors (Lipinski definition) is 3. The molecule has 3 rings (SSSR count). The number of rotatable bonds is 7. The molecule has 7 heteroatoms. The average Bonchev–Trinajstić information content (AvgIpc) is 2.75. The molecule has 2 amide bonds. The van der Waals surface area contributed by atoms with Crippen LogP contribution < -0.4 is 10.6 Å². The summed E-state index contributed by atoms with van der Waals surface area (Å²) in [4.78, 5) is 24.9. The lowest BCUT2D eigenvalue weighted by molar-refractivity contribution is -0.139. The van der Waals surface area contributed by atoms with Crippen LogP contribution in [0.3, 0.4) is 0 Å². The zero-order chi connectivity index (χ0) is 20.6. The van der Waals surface area contributed by atoms with Crippen LogP contribution in [0.4, 0.5) is 0 Å². The lowest BCUT2D eigenvalue weighted by atomic mass is 9.94. The van der Waals surface area contributed by atoms with Crippen LogP contribution in [-0.2, 0) is 19.1 Å². The third-order valence-electron chi connectivity index (χ3n) is 5.81. The van der Waals surface area contributed by atoms with Gasteiger partial charge in [0.2, 0.25) is 11.8 Å². The molecule has 2 aliphatic heterocycles. The van der Waals surface area contributed by atoms with Gasteiger partial charge in [0.25, 0.3) is 0 Å². The highest BCUT2D eigenvalue weighted by Gasteiger charge is 2.34. The molecule has 3 N–H and O–H groups in total. The smallest absolute Gasteiger partial charge is 0.223 e. The Morgan fingerprint density at radius 2 is 1.86 bits per heavy atom. The second kappa shape index (κ2) is 10.7. The van der Waals surface area contributed by atoms with Gasteiger partial charge in [-0.25, -0.2) is 0 Å². The van der Waals surface area contributed by atoms with Gasteiger partial charge < -0.3 is 25.2 Å². The highest BCUT2D eigenvalue weighted by Crippen LogP contribution is 2.24. The summed E-state index contributed by atoms with van der Waals surface area (Å²) in [6, 6.07) is 9.50. The molecule has 0 aliphatic carbocycles. The fraction of sp³-hybridized carbons (Fsp3) is 0.636. The zero-order valence-electron chi connectivity index (χ0n) is 17.0. The molecule has 2 aliphatic rings. The maximum Gasteiger partial charge on any atom is 0.223 e. The molecule has 160 valence electrons. The number of carbonyl (C=O) groups is 2. The van der Waals surface area contributed by atoms with Gasteiger partial charge in [-0.2, -0.15) is 0 Å². The van der Waals surface area contributed by atoms with Crippen molar-refractivity contribution in [3.63, 3.8) is 0 Å². The van der Waals surface area contributed by atoms with E-state index in [9.17, 15) is 14.7 Å². The van der Waals surface area contributed by atoms with Crippen LogP contribution in [0.1, 0.15) is 50.6 Å². The number of aliphatic hydroxyl groups excluding tert-OH is 1. The number of amides is 2. The van der Waals surface area contributed by atoms with Gasteiger partial charge in [0.1, 0.15) is 6.10 Å². The summed E-state index contributed by atoms with van der Waals surface area (Å²) in [5.41, 5.74) is 1.05. The summed E-state index contributed by atoms with van der Waals surface area (Å²) in [6.45, 7) is 2.99. The highest BCUT2D eigenvalue weighted by molar-refractivity contribution is 5.79. The third kappa shape index (κ3) is 6.26. The van der Waals surface area contributed by atoms with Gasteiger partial charge in [-0.3, -0.25) is 9.59 Å². The van der Waals surface area contributed by atoms with Gasteiger partial charge in [-0.15, -0.1) is 0 Å². The SMILES string of the molecule is C[C@@H](NC(=O)C[C@@H]1CC[C@@H](NC(=O)C2CCOCC2)[C@@H](CO)O1)c1ccccc1. The van der Waals surface area contributed by atoms with Gasteiger partial charge in [0, 0.05) is 19.1 Å². The Hall–Kier alpha value is -1.96. The quantitative estimate of drug-likeness (QED) is 0.643. The minimum atomic E-state index is -0.489. The zero-order valence-corrected chi connectivity index (χ0v) is 17.0. The first kappa shape index (κ1) is 21.7. The average molecular weight is 405 g/mol. The Morgan fingerprint density at radius 3 is 2.55 bits per heavy atom. The van der Waals surface area contributed by atoms with Gasteiger partial charge in [-0.1, -0.05) is 30.3 Å². The minimum Gasteiger partial charge on any atom is -0.394 e. The molecular weight excluding hydrogens is 372 g/mol. The normalized spacial score (nSPS) is 26.5. The maximum atomic E-state index is 12.5. The van der Waals surface area contributed by atoms with Crippen molar-refractivity contribution in [2.45, 2.75) is 63.3 Å². The molecule has 1 aromatic rings. The number of ether oxygens (including phenoxy) is 2. The Bertz CT molecular complexity index is 662. The largest absolute Gasteiger partial charge is 0.394 e. The Balaban J connectivity index is 1.46. The summed E-state index contributed by atoms with van der Waals surface area (Å²) in [5.74, 6) is -0.105. The van der Waals surface area contributed by atoms with Crippen molar-refractivity contribution < 1.29 is 24.2 Å². The summed E-state index contributed by atoms with van der Waals surface area (Å²) in [7, 11) is 0. The van der Waals surface area contributed by atoms with Crippen molar-refractivity contribution in [3.8, 4) is 0 Å². The molecule has 7 nitrogen and oxygen atoms in total. The van der Waals surface area contributed by atoms with E-state index in [-0.39, 0.29) is 48.9 Å². The summed E-state index contributed by atoms with van der Waals surface area (Å²) in [6.07, 6.45) is 2.31. The van der Waals surface area contributed by atoms with Gasteiger partial charge in [-0.05, 0) is 38.2 Å². The minimum absolute atomic E-state index is 0.00762. The lowest BCUT2D eigenvalue weighted by Gasteiger charge is -2.37. The Morgan fingerprint density at radius 1 is 1.14 bits per heavy atom. The Kier molecular flexibility index (Phi) is 8.03. The molecule has 1 aromatic carbocycles. The topological polar surface area (TPSA) is 96.9 Å². The maximum absolute atomic E-state index is 12.5. The molecule has 2 saturated heterocycles. The van der Waals surface area contributed by atoms with Crippen LogP contribution in [0.15, 0.2) is 30.3 Å². The molecule has 0 spiro atoms.